The summed E-state index contributed by atoms with van der Waals surface area (Å²) in [7, 11) is 3.44. The van der Waals surface area contributed by atoms with Gasteiger partial charge >= 0.3 is 5.97 Å². The van der Waals surface area contributed by atoms with Gasteiger partial charge in [-0.3, -0.25) is 9.69 Å². The van der Waals surface area contributed by atoms with Crippen molar-refractivity contribution in [3.63, 3.8) is 0 Å². The highest BCUT2D eigenvalue weighted by Gasteiger charge is 2.31. The van der Waals surface area contributed by atoms with Crippen LogP contribution >= 0.6 is 11.3 Å². The molecular weight excluding hydrogens is 374 g/mol. The van der Waals surface area contributed by atoms with Gasteiger partial charge in [0.2, 0.25) is 5.91 Å². The van der Waals surface area contributed by atoms with Gasteiger partial charge in [-0.05, 0) is 62.8 Å². The van der Waals surface area contributed by atoms with Crippen LogP contribution in [-0.4, -0.2) is 41.5 Å². The number of methoxy groups -OCH3 is 1. The first-order valence-electron chi connectivity index (χ1n) is 9.96. The molecule has 1 amide bonds. The van der Waals surface area contributed by atoms with Crippen molar-refractivity contribution >= 4 is 28.2 Å². The molecular formula is C21H27N3O3S. The number of ether oxygens (including phenoxy) is 1. The quantitative estimate of drug-likeness (QED) is 0.779. The second-order valence-electron chi connectivity index (χ2n) is 7.63. The molecule has 0 bridgehead atoms. The maximum atomic E-state index is 12.8. The number of fused-ring (bicyclic) bond motifs is 1. The normalized spacial score (nSPS) is 19.4. The number of likely N-dealkylation sites (tertiary alicyclic amines) is 1. The van der Waals surface area contributed by atoms with Crippen LogP contribution in [0.25, 0.3) is 0 Å². The number of nitrogens with one attached hydrogen (secondary N) is 1. The summed E-state index contributed by atoms with van der Waals surface area (Å²) in [6.07, 6.45) is 8.26. The number of amides is 1. The van der Waals surface area contributed by atoms with Crippen molar-refractivity contribution in [2.45, 2.75) is 44.6 Å². The van der Waals surface area contributed by atoms with Crippen LogP contribution in [0, 0.1) is 0 Å². The number of esters is 1. The van der Waals surface area contributed by atoms with Gasteiger partial charge in [0.25, 0.3) is 0 Å². The number of carbonyl (C=O) groups excluding carboxylic acids is 2. The fourth-order valence-corrected chi connectivity index (χ4v) is 5.79. The standard InChI is InChI=1S/C21H27N3O3S/c1-23-11-5-8-15(23)16-9-6-12-24(16)13-18(25)22-20-19(21(26)27-2)14-7-3-4-10-17(14)28-20/h5,8,11,16H,3-4,6-7,9-10,12-13H2,1-2H3,(H,22,25). The number of aryl methyl sites for hydroxylation is 2. The zero-order valence-electron chi connectivity index (χ0n) is 16.5. The molecule has 0 radical (unpaired) electrons. The predicted octanol–water partition coefficient (Wildman–Crippen LogP) is 3.53. The Balaban J connectivity index is 1.50. The third-order valence-electron chi connectivity index (χ3n) is 5.85. The van der Waals surface area contributed by atoms with Crippen molar-refractivity contribution < 1.29 is 14.3 Å². The second kappa shape index (κ2) is 8.09. The number of carbonyl (C=O) groups is 2. The summed E-state index contributed by atoms with van der Waals surface area (Å²) in [5, 5.41) is 3.67. The first-order valence-corrected chi connectivity index (χ1v) is 10.8. The van der Waals surface area contributed by atoms with Crippen molar-refractivity contribution in [3.05, 3.63) is 40.0 Å². The van der Waals surface area contributed by atoms with E-state index < -0.39 is 0 Å². The Kier molecular flexibility index (Phi) is 5.55. The molecule has 2 aliphatic rings. The van der Waals surface area contributed by atoms with E-state index in [1.807, 2.05) is 19.3 Å². The Bertz CT molecular complexity index is 886. The number of aromatic nitrogens is 1. The van der Waals surface area contributed by atoms with Gasteiger partial charge in [0.05, 0.1) is 25.3 Å². The molecule has 1 N–H and O–H groups in total. The van der Waals surface area contributed by atoms with Gasteiger partial charge in [-0.1, -0.05) is 0 Å². The molecule has 2 aromatic rings. The highest BCUT2D eigenvalue weighted by molar-refractivity contribution is 7.17. The SMILES string of the molecule is COC(=O)c1c(NC(=O)CN2CCCC2c2cccn2C)sc2c1CCCC2. The molecule has 1 aliphatic heterocycles. The van der Waals surface area contributed by atoms with E-state index in [0.717, 1.165) is 50.6 Å². The molecule has 1 unspecified atom stereocenters. The molecule has 7 heteroatoms. The van der Waals surface area contributed by atoms with Crippen LogP contribution in [-0.2, 0) is 29.4 Å². The van der Waals surface area contributed by atoms with Gasteiger partial charge in [0, 0.05) is 23.8 Å². The van der Waals surface area contributed by atoms with Gasteiger partial charge in [0.15, 0.2) is 0 Å². The lowest BCUT2D eigenvalue weighted by Gasteiger charge is -2.24. The Morgan fingerprint density at radius 3 is 2.86 bits per heavy atom. The number of nitrogens with zero attached hydrogens (tertiary/aromatic N) is 2. The Morgan fingerprint density at radius 2 is 2.11 bits per heavy atom. The molecule has 0 saturated carbocycles. The summed E-state index contributed by atoms with van der Waals surface area (Å²) in [5.74, 6) is -0.414. The number of hydrogen-bond donors (Lipinski definition) is 1. The van der Waals surface area contributed by atoms with E-state index >= 15 is 0 Å². The number of hydrogen-bond acceptors (Lipinski definition) is 5. The van der Waals surface area contributed by atoms with E-state index in [4.69, 9.17) is 4.74 Å². The van der Waals surface area contributed by atoms with Crippen LogP contribution in [0.2, 0.25) is 0 Å². The molecule has 0 spiro atoms. The fourth-order valence-electron chi connectivity index (χ4n) is 4.49. The predicted molar refractivity (Wildman–Crippen MR) is 110 cm³/mol. The number of rotatable bonds is 5. The van der Waals surface area contributed by atoms with E-state index in [2.05, 4.69) is 20.9 Å². The molecule has 1 fully saturated rings. The van der Waals surface area contributed by atoms with Crippen molar-refractivity contribution in [3.8, 4) is 0 Å². The van der Waals surface area contributed by atoms with Crippen LogP contribution in [0.15, 0.2) is 18.3 Å². The van der Waals surface area contributed by atoms with Crippen molar-refractivity contribution in [2.75, 3.05) is 25.5 Å². The molecule has 4 rings (SSSR count). The summed E-state index contributed by atoms with van der Waals surface area (Å²) >= 11 is 1.54. The van der Waals surface area contributed by atoms with Crippen molar-refractivity contribution in [1.29, 1.82) is 0 Å². The molecule has 1 saturated heterocycles. The summed E-state index contributed by atoms with van der Waals surface area (Å²) < 4.78 is 7.13. The van der Waals surface area contributed by atoms with E-state index in [1.54, 1.807) is 0 Å². The van der Waals surface area contributed by atoms with E-state index in [9.17, 15) is 9.59 Å². The summed E-state index contributed by atoms with van der Waals surface area (Å²) in [5.41, 5.74) is 2.88. The largest absolute Gasteiger partial charge is 0.465 e. The van der Waals surface area contributed by atoms with Crippen LogP contribution in [0.3, 0.4) is 0 Å². The third kappa shape index (κ3) is 3.61. The van der Waals surface area contributed by atoms with E-state index in [0.29, 0.717) is 17.1 Å². The van der Waals surface area contributed by atoms with Crippen LogP contribution < -0.4 is 5.32 Å². The lowest BCUT2D eigenvalue weighted by molar-refractivity contribution is -0.117. The first kappa shape index (κ1) is 19.2. The molecule has 1 atom stereocenters. The molecule has 2 aromatic heterocycles. The maximum absolute atomic E-state index is 12.8. The number of thiophene rings is 1. The molecule has 6 nitrogen and oxygen atoms in total. The molecule has 1 aliphatic carbocycles. The Labute approximate surface area is 169 Å². The summed E-state index contributed by atoms with van der Waals surface area (Å²) in [4.78, 5) is 28.6. The average Bonchev–Trinajstić information content (AvgIpc) is 3.39. The van der Waals surface area contributed by atoms with Gasteiger partial charge in [-0.25, -0.2) is 4.79 Å². The maximum Gasteiger partial charge on any atom is 0.341 e. The van der Waals surface area contributed by atoms with E-state index in [-0.39, 0.29) is 17.9 Å². The Morgan fingerprint density at radius 1 is 1.29 bits per heavy atom. The summed E-state index contributed by atoms with van der Waals surface area (Å²) in [6.45, 7) is 1.24. The minimum atomic E-state index is -0.349. The minimum Gasteiger partial charge on any atom is -0.465 e. The zero-order chi connectivity index (χ0) is 19.7. The van der Waals surface area contributed by atoms with Crippen molar-refractivity contribution in [2.24, 2.45) is 7.05 Å². The highest BCUT2D eigenvalue weighted by atomic mass is 32.1. The zero-order valence-corrected chi connectivity index (χ0v) is 17.3. The van der Waals surface area contributed by atoms with Gasteiger partial charge < -0.3 is 14.6 Å². The molecule has 28 heavy (non-hydrogen) atoms. The third-order valence-corrected chi connectivity index (χ3v) is 7.06. The first-order chi connectivity index (χ1) is 13.6. The van der Waals surface area contributed by atoms with Crippen LogP contribution in [0.1, 0.15) is 58.2 Å². The average molecular weight is 402 g/mol. The smallest absolute Gasteiger partial charge is 0.341 e. The van der Waals surface area contributed by atoms with Gasteiger partial charge in [-0.15, -0.1) is 11.3 Å². The lowest BCUT2D eigenvalue weighted by atomic mass is 9.95. The topological polar surface area (TPSA) is 63.6 Å². The van der Waals surface area contributed by atoms with E-state index in [1.165, 1.54) is 29.0 Å². The highest BCUT2D eigenvalue weighted by Crippen LogP contribution is 2.39. The Hall–Kier alpha value is -2.12. The van der Waals surface area contributed by atoms with Crippen LogP contribution in [0.5, 0.6) is 0 Å². The second-order valence-corrected chi connectivity index (χ2v) is 8.73. The lowest BCUT2D eigenvalue weighted by Crippen LogP contribution is -2.33. The molecule has 150 valence electrons. The fraction of sp³-hybridized carbons (Fsp3) is 0.524. The van der Waals surface area contributed by atoms with Gasteiger partial charge in [0.1, 0.15) is 5.00 Å². The van der Waals surface area contributed by atoms with Crippen LogP contribution in [0.4, 0.5) is 5.00 Å². The monoisotopic (exact) mass is 401 g/mol. The molecule has 0 aromatic carbocycles. The minimum absolute atomic E-state index is 0.0649. The summed E-state index contributed by atoms with van der Waals surface area (Å²) in [6, 6.07) is 4.44. The van der Waals surface area contributed by atoms with Gasteiger partial charge in [-0.2, -0.15) is 0 Å². The molecule has 3 heterocycles. The van der Waals surface area contributed by atoms with Crippen molar-refractivity contribution in [1.82, 2.24) is 9.47 Å². The number of anilines is 1.